The maximum Gasteiger partial charge on any atom is 0.257 e. The highest BCUT2D eigenvalue weighted by Gasteiger charge is 2.48. The van der Waals surface area contributed by atoms with E-state index in [1.165, 1.54) is 0 Å². The summed E-state index contributed by atoms with van der Waals surface area (Å²) in [5.41, 5.74) is 4.02. The number of nitriles is 1. The molecule has 9 heteroatoms. The second kappa shape index (κ2) is 9.38. The summed E-state index contributed by atoms with van der Waals surface area (Å²) in [6.45, 7) is 10.1. The predicted molar refractivity (Wildman–Crippen MR) is 147 cm³/mol. The highest BCUT2D eigenvalue weighted by molar-refractivity contribution is 6.23. The predicted octanol–water partition coefficient (Wildman–Crippen LogP) is 4.07. The summed E-state index contributed by atoms with van der Waals surface area (Å²) in [4.78, 5) is 43.9. The Labute approximate surface area is 228 Å². The molecule has 1 atom stereocenters. The lowest BCUT2D eigenvalue weighted by Gasteiger charge is -2.39. The summed E-state index contributed by atoms with van der Waals surface area (Å²) in [6.07, 6.45) is 6.99. The second-order valence-electron chi connectivity index (χ2n) is 12.4. The Morgan fingerprint density at radius 2 is 1.90 bits per heavy atom. The van der Waals surface area contributed by atoms with Gasteiger partial charge in [-0.1, -0.05) is 20.8 Å². The molecule has 200 valence electrons. The van der Waals surface area contributed by atoms with Crippen LogP contribution in [0.4, 0.5) is 5.82 Å². The zero-order valence-corrected chi connectivity index (χ0v) is 22.8. The number of nitrogens with zero attached hydrogens (tertiary/aromatic N) is 6. The van der Waals surface area contributed by atoms with Crippen molar-refractivity contribution in [3.05, 3.63) is 58.7 Å². The van der Waals surface area contributed by atoms with Gasteiger partial charge in [-0.3, -0.25) is 19.5 Å². The molecule has 0 radical (unpaired) electrons. The standard InChI is InChI=1S/C30H33N7O2/c1-29(2,3)14-22-20(13-21-24-25(22)33-23(15-31)34-26(24)35-27(21)38)17-36-11-4-7-30(18-36)8-12-37(28(30)39)16-19-5-9-32-10-6-19/h5-6,9-10,13H,4,7-8,11-12,14,16-18H2,1-3H3,(H,33,34,35,38). The molecule has 1 unspecified atom stereocenters. The van der Waals surface area contributed by atoms with Gasteiger partial charge in [0, 0.05) is 38.6 Å². The van der Waals surface area contributed by atoms with Gasteiger partial charge in [0.2, 0.25) is 11.7 Å². The fourth-order valence-electron chi connectivity index (χ4n) is 6.52. The number of pyridine rings is 1. The Balaban J connectivity index is 1.32. The third-order valence-corrected chi connectivity index (χ3v) is 8.23. The molecule has 1 spiro atoms. The van der Waals surface area contributed by atoms with Crippen LogP contribution in [-0.2, 0) is 24.3 Å². The van der Waals surface area contributed by atoms with Crippen LogP contribution in [0.3, 0.4) is 0 Å². The van der Waals surface area contributed by atoms with Gasteiger partial charge in [-0.2, -0.15) is 5.26 Å². The number of aromatic nitrogens is 3. The smallest absolute Gasteiger partial charge is 0.257 e. The van der Waals surface area contributed by atoms with E-state index in [0.717, 1.165) is 55.5 Å². The molecule has 1 N–H and O–H groups in total. The van der Waals surface area contributed by atoms with Crippen LogP contribution in [0.25, 0.3) is 10.9 Å². The van der Waals surface area contributed by atoms with Gasteiger partial charge in [-0.15, -0.1) is 0 Å². The fraction of sp³-hybridized carbons (Fsp3) is 0.467. The Hall–Kier alpha value is -3.90. The van der Waals surface area contributed by atoms with Gasteiger partial charge >= 0.3 is 0 Å². The maximum atomic E-state index is 13.7. The Morgan fingerprint density at radius 1 is 1.10 bits per heavy atom. The van der Waals surface area contributed by atoms with Gasteiger partial charge in [0.25, 0.3) is 5.91 Å². The lowest BCUT2D eigenvalue weighted by atomic mass is 9.78. The van der Waals surface area contributed by atoms with Crippen molar-refractivity contribution in [3.8, 4) is 6.07 Å². The molecule has 2 amide bonds. The van der Waals surface area contributed by atoms with Crippen LogP contribution >= 0.6 is 0 Å². The van der Waals surface area contributed by atoms with Crippen LogP contribution in [0, 0.1) is 22.2 Å². The first-order chi connectivity index (χ1) is 18.7. The van der Waals surface area contributed by atoms with Crippen molar-refractivity contribution in [2.75, 3.05) is 25.0 Å². The molecule has 1 aromatic carbocycles. The molecule has 9 nitrogen and oxygen atoms in total. The SMILES string of the molecule is CC(C)(C)Cc1c(CN2CCCC3(CCN(Cc4ccncc4)C3=O)C2)cc2c3c(nc(C#N)nc13)NC2=O. The van der Waals surface area contributed by atoms with Crippen molar-refractivity contribution < 1.29 is 9.59 Å². The number of likely N-dealkylation sites (tertiary alicyclic amines) is 2. The number of piperidine rings is 1. The van der Waals surface area contributed by atoms with Crippen molar-refractivity contribution in [1.29, 1.82) is 5.26 Å². The van der Waals surface area contributed by atoms with Crippen LogP contribution in [0.2, 0.25) is 0 Å². The highest BCUT2D eigenvalue weighted by atomic mass is 16.2. The Morgan fingerprint density at radius 3 is 2.64 bits per heavy atom. The molecule has 0 bridgehead atoms. The first-order valence-electron chi connectivity index (χ1n) is 13.6. The summed E-state index contributed by atoms with van der Waals surface area (Å²) in [6, 6.07) is 7.97. The second-order valence-corrected chi connectivity index (χ2v) is 12.4. The minimum atomic E-state index is -0.371. The van der Waals surface area contributed by atoms with Crippen LogP contribution in [0.15, 0.2) is 30.6 Å². The number of amides is 2. The van der Waals surface area contributed by atoms with E-state index in [1.54, 1.807) is 12.4 Å². The molecule has 2 saturated heterocycles. The summed E-state index contributed by atoms with van der Waals surface area (Å²) in [5.74, 6) is 0.504. The first-order valence-corrected chi connectivity index (χ1v) is 13.6. The van der Waals surface area contributed by atoms with E-state index in [4.69, 9.17) is 0 Å². The van der Waals surface area contributed by atoms with E-state index in [0.29, 0.717) is 41.9 Å². The third-order valence-electron chi connectivity index (χ3n) is 8.23. The monoisotopic (exact) mass is 523 g/mol. The van der Waals surface area contributed by atoms with Gasteiger partial charge in [0.1, 0.15) is 11.9 Å². The van der Waals surface area contributed by atoms with E-state index in [2.05, 4.69) is 52.0 Å². The summed E-state index contributed by atoms with van der Waals surface area (Å²) >= 11 is 0. The van der Waals surface area contributed by atoms with Gasteiger partial charge in [0.15, 0.2) is 0 Å². The average molecular weight is 524 g/mol. The molecule has 3 aromatic rings. The Kier molecular flexibility index (Phi) is 6.11. The maximum absolute atomic E-state index is 13.7. The highest BCUT2D eigenvalue weighted by Crippen LogP contribution is 2.42. The van der Waals surface area contributed by atoms with E-state index >= 15 is 0 Å². The lowest BCUT2D eigenvalue weighted by Crippen LogP contribution is -2.47. The number of nitrogens with one attached hydrogen (secondary N) is 1. The molecule has 6 rings (SSSR count). The topological polar surface area (TPSA) is 115 Å². The number of carbonyl (C=O) groups excluding carboxylic acids is 2. The molecular weight excluding hydrogens is 490 g/mol. The summed E-state index contributed by atoms with van der Waals surface area (Å²) in [5, 5.41) is 13.1. The number of hydrogen-bond donors (Lipinski definition) is 1. The molecule has 3 aliphatic rings. The molecule has 0 saturated carbocycles. The van der Waals surface area contributed by atoms with Gasteiger partial charge in [-0.25, -0.2) is 9.97 Å². The van der Waals surface area contributed by atoms with Crippen molar-refractivity contribution in [2.45, 2.75) is 59.5 Å². The van der Waals surface area contributed by atoms with Crippen LogP contribution in [0.5, 0.6) is 0 Å². The zero-order valence-electron chi connectivity index (χ0n) is 22.8. The number of benzene rings is 1. The number of rotatable bonds is 5. The van der Waals surface area contributed by atoms with Crippen molar-refractivity contribution in [1.82, 2.24) is 24.8 Å². The Bertz CT molecular complexity index is 1520. The summed E-state index contributed by atoms with van der Waals surface area (Å²) < 4.78 is 0. The van der Waals surface area contributed by atoms with Crippen molar-refractivity contribution in [3.63, 3.8) is 0 Å². The van der Waals surface area contributed by atoms with Crippen LogP contribution in [0.1, 0.15) is 72.9 Å². The zero-order chi connectivity index (χ0) is 27.4. The van der Waals surface area contributed by atoms with Gasteiger partial charge in [-0.05, 0) is 72.5 Å². The number of anilines is 1. The van der Waals surface area contributed by atoms with Crippen LogP contribution < -0.4 is 5.32 Å². The van der Waals surface area contributed by atoms with Gasteiger partial charge in [0.05, 0.1) is 21.9 Å². The molecule has 0 aliphatic carbocycles. The summed E-state index contributed by atoms with van der Waals surface area (Å²) in [7, 11) is 0. The minimum absolute atomic E-state index is 0.0371. The third kappa shape index (κ3) is 4.63. The lowest BCUT2D eigenvalue weighted by molar-refractivity contribution is -0.139. The molecule has 5 heterocycles. The first kappa shape index (κ1) is 25.4. The number of carbonyl (C=O) groups is 2. The average Bonchev–Trinajstić information content (AvgIpc) is 3.37. The van der Waals surface area contributed by atoms with Gasteiger partial charge < -0.3 is 10.2 Å². The fourth-order valence-corrected chi connectivity index (χ4v) is 6.52. The van der Waals surface area contributed by atoms with Crippen LogP contribution in [-0.4, -0.2) is 56.2 Å². The largest absolute Gasteiger partial charge is 0.338 e. The molecule has 3 aliphatic heterocycles. The number of hydrogen-bond acceptors (Lipinski definition) is 7. The molecule has 39 heavy (non-hydrogen) atoms. The van der Waals surface area contributed by atoms with E-state index in [1.807, 2.05) is 23.1 Å². The van der Waals surface area contributed by atoms with E-state index in [9.17, 15) is 14.9 Å². The quantitative estimate of drug-likeness (QED) is 0.536. The molecular formula is C30H33N7O2. The minimum Gasteiger partial charge on any atom is -0.338 e. The van der Waals surface area contributed by atoms with E-state index in [-0.39, 0.29) is 28.5 Å². The normalized spacial score (nSPS) is 21.1. The molecule has 2 fully saturated rings. The van der Waals surface area contributed by atoms with Crippen molar-refractivity contribution in [2.24, 2.45) is 10.8 Å². The van der Waals surface area contributed by atoms with E-state index < -0.39 is 0 Å². The van der Waals surface area contributed by atoms with Crippen molar-refractivity contribution >= 4 is 28.5 Å². The molecule has 2 aromatic heterocycles.